The third-order valence-electron chi connectivity index (χ3n) is 6.13. The molecule has 0 saturated heterocycles. The second-order valence-corrected chi connectivity index (χ2v) is 8.54. The molecule has 1 aliphatic rings. The number of ether oxygens (including phenoxy) is 1. The van der Waals surface area contributed by atoms with Crippen molar-refractivity contribution in [2.75, 3.05) is 7.11 Å². The number of rotatable bonds is 5. The summed E-state index contributed by atoms with van der Waals surface area (Å²) in [6.45, 7) is 2.23. The van der Waals surface area contributed by atoms with Crippen molar-refractivity contribution in [3.05, 3.63) is 88.5 Å². The highest BCUT2D eigenvalue weighted by atomic mass is 19.2. The number of hydrogen-bond acceptors (Lipinski definition) is 5. The summed E-state index contributed by atoms with van der Waals surface area (Å²) in [5.41, 5.74) is -0.581. The van der Waals surface area contributed by atoms with Crippen molar-refractivity contribution in [2.24, 2.45) is 0 Å². The number of imidazole rings is 1. The van der Waals surface area contributed by atoms with Gasteiger partial charge in [0.25, 0.3) is 0 Å². The Labute approximate surface area is 203 Å². The van der Waals surface area contributed by atoms with Gasteiger partial charge in [0.15, 0.2) is 29.1 Å². The van der Waals surface area contributed by atoms with Gasteiger partial charge in [-0.05, 0) is 55.7 Å². The molecule has 0 aliphatic carbocycles. The first kappa shape index (κ1) is 23.7. The third-order valence-corrected chi connectivity index (χ3v) is 6.13. The van der Waals surface area contributed by atoms with Gasteiger partial charge in [-0.15, -0.1) is 0 Å². The molecule has 0 saturated carbocycles. The van der Waals surface area contributed by atoms with Crippen molar-refractivity contribution < 1.29 is 27.4 Å². The SMILES string of the molecule is COc1cc(/C=C/c2nc3n(n2)CCC[C@]3(O)c2cc(F)c(F)c(F)c2)c(F)cc1-n1cnc(C)c1. The fourth-order valence-electron chi connectivity index (χ4n) is 4.33. The normalized spacial score (nSPS) is 17.5. The number of benzene rings is 2. The Kier molecular flexibility index (Phi) is 5.87. The first-order valence-electron chi connectivity index (χ1n) is 11.1. The number of halogens is 4. The monoisotopic (exact) mass is 499 g/mol. The van der Waals surface area contributed by atoms with Crippen molar-refractivity contribution in [1.82, 2.24) is 24.3 Å². The van der Waals surface area contributed by atoms with E-state index in [1.54, 1.807) is 17.1 Å². The lowest BCUT2D eigenvalue weighted by Crippen LogP contribution is -2.36. The number of aliphatic hydroxyl groups is 1. The predicted octanol–water partition coefficient (Wildman–Crippen LogP) is 4.54. The lowest BCUT2D eigenvalue weighted by atomic mass is 9.86. The van der Waals surface area contributed by atoms with Crippen molar-refractivity contribution in [1.29, 1.82) is 0 Å². The average Bonchev–Trinajstić information content (AvgIpc) is 3.48. The summed E-state index contributed by atoms with van der Waals surface area (Å²) in [6.07, 6.45) is 6.76. The van der Waals surface area contributed by atoms with Gasteiger partial charge < -0.3 is 14.4 Å². The Morgan fingerprint density at radius 1 is 1.06 bits per heavy atom. The van der Waals surface area contributed by atoms with E-state index in [1.165, 1.54) is 36.1 Å². The van der Waals surface area contributed by atoms with Gasteiger partial charge in [-0.3, -0.25) is 0 Å². The molecule has 0 amide bonds. The second kappa shape index (κ2) is 8.90. The van der Waals surface area contributed by atoms with Crippen LogP contribution in [-0.4, -0.2) is 36.5 Å². The molecule has 1 N–H and O–H groups in total. The number of methoxy groups -OCH3 is 1. The van der Waals surface area contributed by atoms with Crippen LogP contribution in [0.4, 0.5) is 17.6 Å². The van der Waals surface area contributed by atoms with Gasteiger partial charge in [-0.2, -0.15) is 5.10 Å². The lowest BCUT2D eigenvalue weighted by Gasteiger charge is -2.31. The van der Waals surface area contributed by atoms with Crippen LogP contribution in [-0.2, 0) is 12.1 Å². The van der Waals surface area contributed by atoms with Crippen LogP contribution >= 0.6 is 0 Å². The van der Waals surface area contributed by atoms with E-state index < -0.39 is 28.9 Å². The quantitative estimate of drug-likeness (QED) is 0.322. The molecule has 3 heterocycles. The Balaban J connectivity index is 1.49. The first-order valence-corrected chi connectivity index (χ1v) is 11.1. The molecule has 0 unspecified atom stereocenters. The fourth-order valence-corrected chi connectivity index (χ4v) is 4.33. The van der Waals surface area contributed by atoms with E-state index in [0.29, 0.717) is 24.4 Å². The highest BCUT2D eigenvalue weighted by Crippen LogP contribution is 2.38. The lowest BCUT2D eigenvalue weighted by molar-refractivity contribution is 0.0387. The second-order valence-electron chi connectivity index (χ2n) is 8.54. The van der Waals surface area contributed by atoms with E-state index in [1.807, 2.05) is 6.92 Å². The summed E-state index contributed by atoms with van der Waals surface area (Å²) in [4.78, 5) is 8.47. The molecule has 1 aliphatic heterocycles. The van der Waals surface area contributed by atoms with Gasteiger partial charge in [0.05, 0.1) is 24.8 Å². The van der Waals surface area contributed by atoms with Crippen LogP contribution < -0.4 is 4.74 Å². The average molecular weight is 499 g/mol. The fraction of sp³-hybridized carbons (Fsp3) is 0.240. The van der Waals surface area contributed by atoms with Gasteiger partial charge in [0.2, 0.25) is 0 Å². The summed E-state index contributed by atoms with van der Waals surface area (Å²) in [5.74, 6) is -4.33. The molecule has 7 nitrogen and oxygen atoms in total. The van der Waals surface area contributed by atoms with Gasteiger partial charge >= 0.3 is 0 Å². The standard InChI is InChI=1S/C25H21F4N5O2/c1-14-12-33(13-30-14)20-11-17(26)15(8-21(20)36-2)4-5-22-31-24-25(35,6-3-7-34(24)32-22)16-9-18(27)23(29)19(28)10-16/h4-5,8-13,35H,3,6-7H2,1-2H3/b5-4+/t25-/m0/s1. The summed E-state index contributed by atoms with van der Waals surface area (Å²) in [5, 5.41) is 15.6. The molecule has 0 spiro atoms. The van der Waals surface area contributed by atoms with Crippen molar-refractivity contribution in [3.8, 4) is 11.4 Å². The van der Waals surface area contributed by atoms with Crippen molar-refractivity contribution >= 4 is 12.2 Å². The van der Waals surface area contributed by atoms with Crippen LogP contribution in [0.2, 0.25) is 0 Å². The Morgan fingerprint density at radius 2 is 1.81 bits per heavy atom. The van der Waals surface area contributed by atoms with Gasteiger partial charge in [0.1, 0.15) is 17.2 Å². The maximum atomic E-state index is 14.9. The molecule has 2 aromatic heterocycles. The number of aryl methyl sites for hydroxylation is 2. The minimum absolute atomic E-state index is 0.0580. The minimum atomic E-state index is -1.87. The highest BCUT2D eigenvalue weighted by Gasteiger charge is 2.40. The molecule has 11 heteroatoms. The van der Waals surface area contributed by atoms with Crippen LogP contribution in [0.25, 0.3) is 17.8 Å². The summed E-state index contributed by atoms with van der Waals surface area (Å²) in [6, 6.07) is 4.35. The van der Waals surface area contributed by atoms with Crippen molar-refractivity contribution in [3.63, 3.8) is 0 Å². The predicted molar refractivity (Wildman–Crippen MR) is 122 cm³/mol. The van der Waals surface area contributed by atoms with Crippen molar-refractivity contribution in [2.45, 2.75) is 31.9 Å². The zero-order chi connectivity index (χ0) is 25.6. The molecule has 1 atom stereocenters. The Morgan fingerprint density at radius 3 is 2.47 bits per heavy atom. The Bertz CT molecular complexity index is 1470. The van der Waals surface area contributed by atoms with Crippen LogP contribution in [0.5, 0.6) is 5.75 Å². The molecular formula is C25H21F4N5O2. The van der Waals surface area contributed by atoms with Gasteiger partial charge in [-0.25, -0.2) is 32.2 Å². The number of nitrogens with zero attached hydrogens (tertiary/aromatic N) is 5. The maximum Gasteiger partial charge on any atom is 0.194 e. The van der Waals surface area contributed by atoms with Crippen LogP contribution in [0.3, 0.4) is 0 Å². The Hall–Kier alpha value is -3.99. The van der Waals surface area contributed by atoms with E-state index in [9.17, 15) is 22.7 Å². The topological polar surface area (TPSA) is 78.0 Å². The number of fused-ring (bicyclic) bond motifs is 1. The molecule has 0 bridgehead atoms. The summed E-state index contributed by atoms with van der Waals surface area (Å²) >= 11 is 0. The van der Waals surface area contributed by atoms with Crippen LogP contribution in [0.15, 0.2) is 36.8 Å². The van der Waals surface area contributed by atoms with E-state index in [-0.39, 0.29) is 29.2 Å². The van der Waals surface area contributed by atoms with E-state index in [2.05, 4.69) is 15.1 Å². The summed E-state index contributed by atoms with van der Waals surface area (Å²) in [7, 11) is 1.47. The molecule has 2 aromatic carbocycles. The largest absolute Gasteiger partial charge is 0.495 e. The molecule has 5 rings (SSSR count). The maximum absolute atomic E-state index is 14.9. The minimum Gasteiger partial charge on any atom is -0.495 e. The third kappa shape index (κ3) is 4.05. The van der Waals surface area contributed by atoms with Crippen LogP contribution in [0.1, 0.15) is 41.3 Å². The first-order chi connectivity index (χ1) is 17.2. The molecule has 4 aromatic rings. The summed E-state index contributed by atoms with van der Waals surface area (Å²) < 4.78 is 64.6. The zero-order valence-electron chi connectivity index (χ0n) is 19.3. The van der Waals surface area contributed by atoms with Crippen LogP contribution in [0, 0.1) is 30.2 Å². The van der Waals surface area contributed by atoms with E-state index >= 15 is 0 Å². The highest BCUT2D eigenvalue weighted by molar-refractivity contribution is 5.69. The zero-order valence-corrected chi connectivity index (χ0v) is 19.3. The molecule has 36 heavy (non-hydrogen) atoms. The molecule has 0 fully saturated rings. The molecular weight excluding hydrogens is 478 g/mol. The number of hydrogen-bond donors (Lipinski definition) is 1. The smallest absolute Gasteiger partial charge is 0.194 e. The number of aromatic nitrogens is 5. The van der Waals surface area contributed by atoms with E-state index in [4.69, 9.17) is 4.74 Å². The van der Waals surface area contributed by atoms with Gasteiger partial charge in [0, 0.05) is 24.4 Å². The van der Waals surface area contributed by atoms with E-state index in [0.717, 1.165) is 17.8 Å². The molecule has 0 radical (unpaired) electrons. The van der Waals surface area contributed by atoms with Gasteiger partial charge in [-0.1, -0.05) is 0 Å². The molecule has 186 valence electrons.